The summed E-state index contributed by atoms with van der Waals surface area (Å²) in [4.78, 5) is 4.32. The number of hydrogen-bond donors (Lipinski definition) is 0. The van der Waals surface area contributed by atoms with Crippen LogP contribution in [0.1, 0.15) is 22.5 Å². The number of rotatable bonds is 2. The van der Waals surface area contributed by atoms with E-state index >= 15 is 0 Å². The first-order chi connectivity index (χ1) is 9.15. The second-order valence-corrected chi connectivity index (χ2v) is 4.52. The van der Waals surface area contributed by atoms with Gasteiger partial charge in [0.1, 0.15) is 18.1 Å². The lowest BCUT2D eigenvalue weighted by molar-refractivity contribution is 0.367. The van der Waals surface area contributed by atoms with Crippen molar-refractivity contribution < 1.29 is 4.74 Å². The van der Waals surface area contributed by atoms with Crippen molar-refractivity contribution in [1.29, 1.82) is 0 Å². The van der Waals surface area contributed by atoms with Gasteiger partial charge in [-0.3, -0.25) is 0 Å². The summed E-state index contributed by atoms with van der Waals surface area (Å²) in [5.41, 5.74) is 4.07. The van der Waals surface area contributed by atoms with Crippen LogP contribution in [0.3, 0.4) is 0 Å². The Labute approximate surface area is 114 Å². The molecule has 2 aromatic rings. The van der Waals surface area contributed by atoms with Crippen molar-refractivity contribution in [3.05, 3.63) is 58.9 Å². The zero-order chi connectivity index (χ0) is 13.7. The minimum absolute atomic E-state index is 0.375. The number of aromatic nitrogens is 1. The third-order valence-electron chi connectivity index (χ3n) is 2.75. The SMILES string of the molecule is Cc1ccc(C)c(OCC#Cc2cccc(C)n2)c1. The van der Waals surface area contributed by atoms with Gasteiger partial charge < -0.3 is 4.74 Å². The van der Waals surface area contributed by atoms with E-state index in [0.717, 1.165) is 22.7 Å². The van der Waals surface area contributed by atoms with Crippen molar-refractivity contribution in [3.63, 3.8) is 0 Å². The third kappa shape index (κ3) is 3.86. The first-order valence-corrected chi connectivity index (χ1v) is 6.28. The smallest absolute Gasteiger partial charge is 0.149 e. The Bertz CT molecular complexity index is 635. The molecule has 0 atom stereocenters. The van der Waals surface area contributed by atoms with E-state index in [1.165, 1.54) is 5.56 Å². The van der Waals surface area contributed by atoms with Crippen molar-refractivity contribution in [1.82, 2.24) is 4.98 Å². The Balaban J connectivity index is 1.99. The van der Waals surface area contributed by atoms with Crippen LogP contribution in [0.15, 0.2) is 36.4 Å². The molecule has 1 heterocycles. The van der Waals surface area contributed by atoms with Gasteiger partial charge >= 0.3 is 0 Å². The van der Waals surface area contributed by atoms with Crippen LogP contribution in [0.25, 0.3) is 0 Å². The van der Waals surface area contributed by atoms with E-state index < -0.39 is 0 Å². The fourth-order valence-corrected chi connectivity index (χ4v) is 1.72. The Morgan fingerprint density at radius 1 is 1.11 bits per heavy atom. The lowest BCUT2D eigenvalue weighted by Gasteiger charge is -2.06. The molecule has 2 nitrogen and oxygen atoms in total. The van der Waals surface area contributed by atoms with Crippen molar-refractivity contribution in [2.24, 2.45) is 0 Å². The lowest BCUT2D eigenvalue weighted by atomic mass is 10.1. The number of benzene rings is 1. The summed E-state index contributed by atoms with van der Waals surface area (Å²) in [5.74, 6) is 6.89. The predicted octanol–water partition coefficient (Wildman–Crippen LogP) is 3.44. The van der Waals surface area contributed by atoms with Gasteiger partial charge in [0.15, 0.2) is 0 Å². The molecule has 0 unspecified atom stereocenters. The van der Waals surface area contributed by atoms with Gasteiger partial charge in [0, 0.05) is 5.69 Å². The van der Waals surface area contributed by atoms with Gasteiger partial charge in [0.05, 0.1) is 0 Å². The second-order valence-electron chi connectivity index (χ2n) is 4.52. The highest BCUT2D eigenvalue weighted by Gasteiger charge is 1.98. The molecule has 2 rings (SSSR count). The van der Waals surface area contributed by atoms with Crippen molar-refractivity contribution in [2.75, 3.05) is 6.61 Å². The van der Waals surface area contributed by atoms with E-state index in [1.807, 2.05) is 38.1 Å². The van der Waals surface area contributed by atoms with Gasteiger partial charge in [-0.15, -0.1) is 0 Å². The summed E-state index contributed by atoms with van der Waals surface area (Å²) < 4.78 is 5.67. The molecule has 0 radical (unpaired) electrons. The fourth-order valence-electron chi connectivity index (χ4n) is 1.72. The molecule has 0 spiro atoms. The molecule has 0 amide bonds. The van der Waals surface area contributed by atoms with Gasteiger partial charge in [0.25, 0.3) is 0 Å². The Morgan fingerprint density at radius 2 is 1.95 bits per heavy atom. The molecule has 96 valence electrons. The average molecular weight is 251 g/mol. The zero-order valence-electron chi connectivity index (χ0n) is 11.5. The maximum Gasteiger partial charge on any atom is 0.149 e. The van der Waals surface area contributed by atoms with E-state index in [0.29, 0.717) is 6.61 Å². The van der Waals surface area contributed by atoms with Gasteiger partial charge in [-0.1, -0.05) is 24.1 Å². The Kier molecular flexibility index (Phi) is 4.20. The normalized spacial score (nSPS) is 9.63. The molecule has 0 aliphatic rings. The summed E-state index contributed by atoms with van der Waals surface area (Å²) in [6.07, 6.45) is 0. The maximum atomic E-state index is 5.67. The summed E-state index contributed by atoms with van der Waals surface area (Å²) in [6, 6.07) is 12.0. The number of aryl methyl sites for hydroxylation is 3. The molecule has 2 heteroatoms. The molecule has 0 saturated carbocycles. The summed E-state index contributed by atoms with van der Waals surface area (Å²) in [7, 11) is 0. The molecule has 1 aromatic carbocycles. The number of hydrogen-bond acceptors (Lipinski definition) is 2. The largest absolute Gasteiger partial charge is 0.481 e. The maximum absolute atomic E-state index is 5.67. The third-order valence-corrected chi connectivity index (χ3v) is 2.75. The highest BCUT2D eigenvalue weighted by Crippen LogP contribution is 2.18. The molecular weight excluding hydrogens is 234 g/mol. The van der Waals surface area contributed by atoms with Gasteiger partial charge in [0.2, 0.25) is 0 Å². The molecule has 1 aromatic heterocycles. The van der Waals surface area contributed by atoms with Gasteiger partial charge in [-0.2, -0.15) is 0 Å². The van der Waals surface area contributed by atoms with E-state index in [1.54, 1.807) is 0 Å². The molecule has 0 bridgehead atoms. The summed E-state index contributed by atoms with van der Waals surface area (Å²) in [6.45, 7) is 6.41. The molecule has 0 aliphatic carbocycles. The molecule has 0 aliphatic heterocycles. The first-order valence-electron chi connectivity index (χ1n) is 6.28. The van der Waals surface area contributed by atoms with Crippen LogP contribution in [0, 0.1) is 32.6 Å². The van der Waals surface area contributed by atoms with E-state index in [4.69, 9.17) is 4.74 Å². The summed E-state index contributed by atoms with van der Waals surface area (Å²) in [5, 5.41) is 0. The number of pyridine rings is 1. The van der Waals surface area contributed by atoms with Crippen molar-refractivity contribution in [2.45, 2.75) is 20.8 Å². The highest BCUT2D eigenvalue weighted by atomic mass is 16.5. The molecule has 0 fully saturated rings. The van der Waals surface area contributed by atoms with Crippen LogP contribution in [-0.2, 0) is 0 Å². The Hall–Kier alpha value is -2.27. The quantitative estimate of drug-likeness (QED) is 0.763. The van der Waals surface area contributed by atoms with E-state index in [2.05, 4.69) is 35.9 Å². The predicted molar refractivity (Wildman–Crippen MR) is 77.3 cm³/mol. The van der Waals surface area contributed by atoms with Crippen LogP contribution in [0.2, 0.25) is 0 Å². The standard InChI is InChI=1S/C17H17NO/c1-13-9-10-14(2)17(12-13)19-11-5-8-16-7-4-6-15(3)18-16/h4,6-7,9-10,12H,11H2,1-3H3. The van der Waals surface area contributed by atoms with Crippen molar-refractivity contribution in [3.8, 4) is 17.6 Å². The van der Waals surface area contributed by atoms with Crippen LogP contribution in [-0.4, -0.2) is 11.6 Å². The van der Waals surface area contributed by atoms with Crippen LogP contribution < -0.4 is 4.74 Å². The van der Waals surface area contributed by atoms with Crippen LogP contribution in [0.5, 0.6) is 5.75 Å². The van der Waals surface area contributed by atoms with Crippen LogP contribution in [0.4, 0.5) is 0 Å². The molecule has 0 N–H and O–H groups in total. The van der Waals surface area contributed by atoms with Gasteiger partial charge in [-0.25, -0.2) is 4.98 Å². The topological polar surface area (TPSA) is 22.1 Å². The average Bonchev–Trinajstić information content (AvgIpc) is 2.39. The molecular formula is C17H17NO. The van der Waals surface area contributed by atoms with Crippen molar-refractivity contribution >= 4 is 0 Å². The van der Waals surface area contributed by atoms with Crippen LogP contribution >= 0.6 is 0 Å². The first kappa shape index (κ1) is 13.2. The minimum atomic E-state index is 0.375. The Morgan fingerprint density at radius 3 is 2.74 bits per heavy atom. The van der Waals surface area contributed by atoms with Gasteiger partial charge in [-0.05, 0) is 56.0 Å². The zero-order valence-corrected chi connectivity index (χ0v) is 11.5. The minimum Gasteiger partial charge on any atom is -0.481 e. The number of nitrogens with zero attached hydrogens (tertiary/aromatic N) is 1. The molecule has 0 saturated heterocycles. The fraction of sp³-hybridized carbons (Fsp3) is 0.235. The summed E-state index contributed by atoms with van der Waals surface area (Å²) >= 11 is 0. The van der Waals surface area contributed by atoms with E-state index in [9.17, 15) is 0 Å². The second kappa shape index (κ2) is 6.06. The lowest BCUT2D eigenvalue weighted by Crippen LogP contribution is -1.96. The van der Waals surface area contributed by atoms with E-state index in [-0.39, 0.29) is 0 Å². The monoisotopic (exact) mass is 251 g/mol. The highest BCUT2D eigenvalue weighted by molar-refractivity contribution is 5.36. The molecule has 19 heavy (non-hydrogen) atoms. The number of ether oxygens (including phenoxy) is 1.